The lowest BCUT2D eigenvalue weighted by molar-refractivity contribution is -0.140. The number of aliphatic imine (C=N–C) groups is 1. The van der Waals surface area contributed by atoms with Crippen LogP contribution in [0.25, 0.3) is 0 Å². The van der Waals surface area contributed by atoms with E-state index in [1.165, 1.54) is 16.8 Å². The van der Waals surface area contributed by atoms with Crippen LogP contribution in [0.2, 0.25) is 0 Å². The Morgan fingerprint density at radius 1 is 1.17 bits per heavy atom. The summed E-state index contributed by atoms with van der Waals surface area (Å²) < 4.78 is 5.36. The highest BCUT2D eigenvalue weighted by molar-refractivity contribution is 14.0. The molecule has 30 heavy (non-hydrogen) atoms. The molecular weight excluding hydrogens is 493 g/mol. The van der Waals surface area contributed by atoms with Crippen molar-refractivity contribution in [2.24, 2.45) is 10.9 Å². The first-order chi connectivity index (χ1) is 14.0. The molecule has 0 unspecified atom stereocenters. The van der Waals surface area contributed by atoms with Crippen LogP contribution >= 0.6 is 24.0 Å². The van der Waals surface area contributed by atoms with E-state index in [2.05, 4.69) is 59.3 Å². The Bertz CT molecular complexity index is 726. The van der Waals surface area contributed by atoms with E-state index in [4.69, 9.17) is 4.74 Å². The van der Waals surface area contributed by atoms with Crippen LogP contribution in [0.15, 0.2) is 23.2 Å². The van der Waals surface area contributed by atoms with Crippen LogP contribution in [0.1, 0.15) is 24.0 Å². The number of morpholine rings is 1. The number of likely N-dealkylation sites (tertiary alicyclic amines) is 1. The van der Waals surface area contributed by atoms with Gasteiger partial charge in [0.05, 0.1) is 13.2 Å². The largest absolute Gasteiger partial charge is 0.378 e. The number of ether oxygens (including phenoxy) is 1. The van der Waals surface area contributed by atoms with Crippen LogP contribution in [-0.2, 0) is 16.1 Å². The smallest absolute Gasteiger partial charge is 0.225 e. The summed E-state index contributed by atoms with van der Waals surface area (Å²) in [5, 5.41) is 3.50. The van der Waals surface area contributed by atoms with Gasteiger partial charge in [0.1, 0.15) is 0 Å². The molecule has 1 N–H and O–H groups in total. The van der Waals surface area contributed by atoms with Crippen LogP contribution in [0.5, 0.6) is 0 Å². The number of hydrogen-bond acceptors (Lipinski definition) is 4. The third-order valence-corrected chi connectivity index (χ3v) is 5.96. The minimum atomic E-state index is 0. The van der Waals surface area contributed by atoms with Gasteiger partial charge in [-0.25, -0.2) is 0 Å². The fraction of sp³-hybridized carbons (Fsp3) is 0.636. The number of guanidine groups is 1. The maximum absolute atomic E-state index is 12.7. The number of rotatable bonds is 4. The van der Waals surface area contributed by atoms with E-state index < -0.39 is 0 Å². The van der Waals surface area contributed by atoms with Crippen molar-refractivity contribution in [2.75, 3.05) is 65.4 Å². The van der Waals surface area contributed by atoms with E-state index in [9.17, 15) is 4.79 Å². The number of carbonyl (C=O) groups is 1. The monoisotopic (exact) mass is 529 g/mol. The van der Waals surface area contributed by atoms with Gasteiger partial charge < -0.3 is 24.8 Å². The molecule has 0 radical (unpaired) electrons. The van der Waals surface area contributed by atoms with Gasteiger partial charge in [0.25, 0.3) is 0 Å². The predicted octanol–water partition coefficient (Wildman–Crippen LogP) is 2.33. The summed E-state index contributed by atoms with van der Waals surface area (Å²) in [6.07, 6.45) is 1.76. The van der Waals surface area contributed by atoms with Crippen LogP contribution in [0.4, 0.5) is 5.69 Å². The predicted molar refractivity (Wildman–Crippen MR) is 133 cm³/mol. The van der Waals surface area contributed by atoms with Gasteiger partial charge in [-0.2, -0.15) is 0 Å². The van der Waals surface area contributed by atoms with Gasteiger partial charge in [0.2, 0.25) is 5.91 Å². The summed E-state index contributed by atoms with van der Waals surface area (Å²) in [7, 11) is 5.94. The molecular formula is C22H36IN5O2. The van der Waals surface area contributed by atoms with E-state index >= 15 is 0 Å². The highest BCUT2D eigenvalue weighted by Gasteiger charge is 2.30. The molecule has 168 valence electrons. The molecule has 3 rings (SSSR count). The number of halogens is 1. The number of amides is 1. The summed E-state index contributed by atoms with van der Waals surface area (Å²) in [6, 6.07) is 6.54. The Balaban J connectivity index is 0.00000320. The Labute approximate surface area is 197 Å². The molecule has 2 fully saturated rings. The SMILES string of the molecule is CN=C(NCc1ccc(N(C)C)cc1C)N1CCC(C(=O)N2CCOCC2)CC1.I. The second kappa shape index (κ2) is 11.7. The zero-order chi connectivity index (χ0) is 20.8. The molecule has 0 bridgehead atoms. The lowest BCUT2D eigenvalue weighted by Crippen LogP contribution is -2.49. The second-order valence-electron chi connectivity index (χ2n) is 8.10. The number of piperidine rings is 1. The summed E-state index contributed by atoms with van der Waals surface area (Å²) >= 11 is 0. The van der Waals surface area contributed by atoms with E-state index in [0.717, 1.165) is 51.5 Å². The molecule has 0 saturated carbocycles. The van der Waals surface area contributed by atoms with Crippen molar-refractivity contribution < 1.29 is 9.53 Å². The van der Waals surface area contributed by atoms with E-state index in [1.54, 1.807) is 0 Å². The molecule has 0 spiro atoms. The fourth-order valence-corrected chi connectivity index (χ4v) is 4.04. The molecule has 0 atom stereocenters. The topological polar surface area (TPSA) is 60.4 Å². The van der Waals surface area contributed by atoms with Gasteiger partial charge in [0.15, 0.2) is 5.96 Å². The zero-order valence-electron chi connectivity index (χ0n) is 18.7. The van der Waals surface area contributed by atoms with E-state index in [0.29, 0.717) is 19.1 Å². The fourth-order valence-electron chi connectivity index (χ4n) is 4.04. The molecule has 2 aliphatic heterocycles. The van der Waals surface area contributed by atoms with Crippen LogP contribution in [0.3, 0.4) is 0 Å². The molecule has 8 heteroatoms. The van der Waals surface area contributed by atoms with Crippen molar-refractivity contribution in [3.63, 3.8) is 0 Å². The first kappa shape index (κ1) is 24.7. The third-order valence-electron chi connectivity index (χ3n) is 5.96. The highest BCUT2D eigenvalue weighted by Crippen LogP contribution is 2.21. The number of hydrogen-bond donors (Lipinski definition) is 1. The normalized spacial score (nSPS) is 18.1. The van der Waals surface area contributed by atoms with Crippen molar-refractivity contribution in [2.45, 2.75) is 26.3 Å². The molecule has 2 aliphatic rings. The Morgan fingerprint density at radius 2 is 1.83 bits per heavy atom. The zero-order valence-corrected chi connectivity index (χ0v) is 21.0. The Morgan fingerprint density at radius 3 is 2.40 bits per heavy atom. The summed E-state index contributed by atoms with van der Waals surface area (Å²) in [4.78, 5) is 23.6. The molecule has 0 aliphatic carbocycles. The molecule has 2 heterocycles. The van der Waals surface area contributed by atoms with Crippen molar-refractivity contribution in [3.05, 3.63) is 29.3 Å². The summed E-state index contributed by atoms with van der Waals surface area (Å²) in [5.74, 6) is 1.34. The number of nitrogens with one attached hydrogen (secondary N) is 1. The molecule has 1 aromatic carbocycles. The third kappa shape index (κ3) is 6.23. The maximum Gasteiger partial charge on any atom is 0.225 e. The lowest BCUT2D eigenvalue weighted by atomic mass is 9.95. The van der Waals surface area contributed by atoms with Crippen molar-refractivity contribution in [3.8, 4) is 0 Å². The van der Waals surface area contributed by atoms with Crippen LogP contribution in [-0.4, -0.2) is 82.2 Å². The number of benzene rings is 1. The minimum Gasteiger partial charge on any atom is -0.378 e. The summed E-state index contributed by atoms with van der Waals surface area (Å²) in [6.45, 7) is 7.40. The Hall–Kier alpha value is -1.55. The number of aryl methyl sites for hydroxylation is 1. The van der Waals surface area contributed by atoms with Crippen LogP contribution in [0, 0.1) is 12.8 Å². The maximum atomic E-state index is 12.7. The standard InChI is InChI=1S/C22H35N5O2.HI/c1-17-15-20(25(3)4)6-5-19(17)16-24-22(23-2)27-9-7-18(8-10-27)21(28)26-11-13-29-14-12-26;/h5-6,15,18H,7-14,16H2,1-4H3,(H,23,24);1H. The lowest BCUT2D eigenvalue weighted by Gasteiger charge is -2.36. The number of anilines is 1. The second-order valence-corrected chi connectivity index (χ2v) is 8.10. The van der Waals surface area contributed by atoms with Gasteiger partial charge in [-0.15, -0.1) is 24.0 Å². The Kier molecular flexibility index (Phi) is 9.67. The quantitative estimate of drug-likeness (QED) is 0.369. The summed E-state index contributed by atoms with van der Waals surface area (Å²) in [5.41, 5.74) is 3.76. The van der Waals surface area contributed by atoms with E-state index in [-0.39, 0.29) is 29.9 Å². The number of nitrogens with zero attached hydrogens (tertiary/aromatic N) is 4. The molecule has 7 nitrogen and oxygen atoms in total. The van der Waals surface area contributed by atoms with Gasteiger partial charge in [-0.05, 0) is 43.0 Å². The molecule has 1 amide bonds. The van der Waals surface area contributed by atoms with Gasteiger partial charge in [-0.3, -0.25) is 9.79 Å². The average Bonchev–Trinajstić information content (AvgIpc) is 2.75. The highest BCUT2D eigenvalue weighted by atomic mass is 127. The molecule has 1 aromatic rings. The van der Waals surface area contributed by atoms with Crippen molar-refractivity contribution >= 4 is 41.5 Å². The van der Waals surface area contributed by atoms with Crippen LogP contribution < -0.4 is 10.2 Å². The first-order valence-corrected chi connectivity index (χ1v) is 10.6. The first-order valence-electron chi connectivity index (χ1n) is 10.6. The van der Waals surface area contributed by atoms with Crippen molar-refractivity contribution in [1.82, 2.24) is 15.1 Å². The van der Waals surface area contributed by atoms with Gasteiger partial charge >= 0.3 is 0 Å². The van der Waals surface area contributed by atoms with Gasteiger partial charge in [0, 0.05) is 65.5 Å². The van der Waals surface area contributed by atoms with Crippen molar-refractivity contribution in [1.29, 1.82) is 0 Å². The average molecular weight is 529 g/mol. The molecule has 0 aromatic heterocycles. The number of carbonyl (C=O) groups excluding carboxylic acids is 1. The minimum absolute atomic E-state index is 0. The van der Waals surface area contributed by atoms with Gasteiger partial charge in [-0.1, -0.05) is 6.07 Å². The van der Waals surface area contributed by atoms with E-state index in [1.807, 2.05) is 11.9 Å². The molecule has 2 saturated heterocycles.